The van der Waals surface area contributed by atoms with Gasteiger partial charge in [-0.1, -0.05) is 30.3 Å². The monoisotopic (exact) mass is 336 g/mol. The summed E-state index contributed by atoms with van der Waals surface area (Å²) in [6.07, 6.45) is 0. The van der Waals surface area contributed by atoms with Gasteiger partial charge in [0.2, 0.25) is 15.9 Å². The summed E-state index contributed by atoms with van der Waals surface area (Å²) in [4.78, 5) is 12.9. The highest BCUT2D eigenvalue weighted by molar-refractivity contribution is 8.00. The maximum Gasteiger partial charge on any atom is 0.234 e. The lowest BCUT2D eigenvalue weighted by molar-refractivity contribution is -0.113. The number of carbonyl (C=O) groups excluding carboxylic acids is 1. The minimum absolute atomic E-state index is 0.118. The van der Waals surface area contributed by atoms with Crippen LogP contribution in [0.25, 0.3) is 0 Å². The Morgan fingerprint density at radius 2 is 1.68 bits per heavy atom. The van der Waals surface area contributed by atoms with Gasteiger partial charge < -0.3 is 5.32 Å². The van der Waals surface area contributed by atoms with Crippen molar-refractivity contribution in [1.29, 1.82) is 0 Å². The van der Waals surface area contributed by atoms with Crippen LogP contribution in [0.15, 0.2) is 59.5 Å². The third-order valence-electron chi connectivity index (χ3n) is 2.72. The van der Waals surface area contributed by atoms with Crippen LogP contribution in [0.3, 0.4) is 0 Å². The van der Waals surface area contributed by atoms with E-state index in [0.717, 1.165) is 4.90 Å². The van der Waals surface area contributed by atoms with Crippen LogP contribution in [0.2, 0.25) is 0 Å². The SMILES string of the molecule is NS(=O)(=O)Cc1ccc(NC(=O)CSc2ccccc2)cc1. The minimum atomic E-state index is -3.54. The highest BCUT2D eigenvalue weighted by atomic mass is 32.2. The van der Waals surface area contributed by atoms with E-state index >= 15 is 0 Å². The number of thioether (sulfide) groups is 1. The van der Waals surface area contributed by atoms with Crippen LogP contribution in [-0.2, 0) is 20.6 Å². The summed E-state index contributed by atoms with van der Waals surface area (Å²) >= 11 is 1.45. The molecule has 1 amide bonds. The van der Waals surface area contributed by atoms with Crippen molar-refractivity contribution >= 4 is 33.4 Å². The van der Waals surface area contributed by atoms with Gasteiger partial charge in [-0.2, -0.15) is 0 Å². The molecular formula is C15H16N2O3S2. The molecule has 0 heterocycles. The predicted octanol–water partition coefficient (Wildman–Crippen LogP) is 2.21. The van der Waals surface area contributed by atoms with E-state index in [1.54, 1.807) is 24.3 Å². The lowest BCUT2D eigenvalue weighted by Gasteiger charge is -2.06. The van der Waals surface area contributed by atoms with Gasteiger partial charge in [0.15, 0.2) is 0 Å². The Labute approximate surface area is 134 Å². The summed E-state index contributed by atoms with van der Waals surface area (Å²) in [5.41, 5.74) is 1.20. The number of hydrogen-bond acceptors (Lipinski definition) is 4. The van der Waals surface area contributed by atoms with Gasteiger partial charge in [0.05, 0.1) is 11.5 Å². The molecule has 5 nitrogen and oxygen atoms in total. The predicted molar refractivity (Wildman–Crippen MR) is 89.0 cm³/mol. The Morgan fingerprint density at radius 1 is 1.05 bits per heavy atom. The second kappa shape index (κ2) is 7.44. The molecule has 2 aromatic carbocycles. The molecule has 0 saturated carbocycles. The largest absolute Gasteiger partial charge is 0.325 e. The normalized spacial score (nSPS) is 11.1. The molecule has 0 aliphatic rings. The quantitative estimate of drug-likeness (QED) is 0.792. The number of nitrogens with two attached hydrogens (primary N) is 1. The molecule has 0 aliphatic carbocycles. The van der Waals surface area contributed by atoms with Crippen LogP contribution in [0.4, 0.5) is 5.69 Å². The molecule has 0 unspecified atom stereocenters. The third kappa shape index (κ3) is 5.88. The summed E-state index contributed by atoms with van der Waals surface area (Å²) in [6.45, 7) is 0. The summed E-state index contributed by atoms with van der Waals surface area (Å²) < 4.78 is 22.0. The van der Waals surface area contributed by atoms with Gasteiger partial charge in [0.25, 0.3) is 0 Å². The van der Waals surface area contributed by atoms with Gasteiger partial charge in [-0.25, -0.2) is 13.6 Å². The van der Waals surface area contributed by atoms with Crippen molar-refractivity contribution in [3.63, 3.8) is 0 Å². The number of carbonyl (C=O) groups is 1. The van der Waals surface area contributed by atoms with E-state index in [1.807, 2.05) is 30.3 Å². The number of hydrogen-bond donors (Lipinski definition) is 2. The zero-order valence-electron chi connectivity index (χ0n) is 11.7. The van der Waals surface area contributed by atoms with E-state index in [1.165, 1.54) is 11.8 Å². The molecule has 22 heavy (non-hydrogen) atoms. The first kappa shape index (κ1) is 16.5. The molecule has 116 valence electrons. The molecule has 0 saturated heterocycles. The van der Waals surface area contributed by atoms with Crippen molar-refractivity contribution in [1.82, 2.24) is 0 Å². The zero-order valence-corrected chi connectivity index (χ0v) is 13.4. The molecule has 0 aliphatic heterocycles. The molecule has 0 fully saturated rings. The zero-order chi connectivity index (χ0) is 16.0. The van der Waals surface area contributed by atoms with Crippen molar-refractivity contribution in [3.05, 3.63) is 60.2 Å². The van der Waals surface area contributed by atoms with Crippen molar-refractivity contribution in [2.75, 3.05) is 11.1 Å². The summed E-state index contributed by atoms with van der Waals surface area (Å²) in [5.74, 6) is -0.0262. The van der Waals surface area contributed by atoms with Gasteiger partial charge in [-0.05, 0) is 29.8 Å². The van der Waals surface area contributed by atoms with Crippen LogP contribution in [0.5, 0.6) is 0 Å². The van der Waals surface area contributed by atoms with Crippen molar-refractivity contribution < 1.29 is 13.2 Å². The summed E-state index contributed by atoms with van der Waals surface area (Å²) in [5, 5.41) is 7.74. The standard InChI is InChI=1S/C15H16N2O3S2/c16-22(19,20)11-12-6-8-13(9-7-12)17-15(18)10-21-14-4-2-1-3-5-14/h1-9H,10-11H2,(H,17,18)(H2,16,19,20). The Morgan fingerprint density at radius 3 is 2.27 bits per heavy atom. The highest BCUT2D eigenvalue weighted by Gasteiger charge is 2.06. The van der Waals surface area contributed by atoms with E-state index in [9.17, 15) is 13.2 Å². The molecule has 0 bridgehead atoms. The Balaban J connectivity index is 1.86. The van der Waals surface area contributed by atoms with Gasteiger partial charge >= 0.3 is 0 Å². The first-order chi connectivity index (χ1) is 10.4. The number of benzene rings is 2. The number of sulfonamides is 1. The number of anilines is 1. The lowest BCUT2D eigenvalue weighted by atomic mass is 10.2. The number of nitrogens with one attached hydrogen (secondary N) is 1. The number of primary sulfonamides is 1. The second-order valence-corrected chi connectivity index (χ2v) is 7.32. The number of amides is 1. The molecule has 3 N–H and O–H groups in total. The Kier molecular flexibility index (Phi) is 5.59. The average Bonchev–Trinajstić information content (AvgIpc) is 2.47. The van der Waals surface area contributed by atoms with Crippen LogP contribution < -0.4 is 10.5 Å². The molecule has 2 aromatic rings. The summed E-state index contributed by atoms with van der Waals surface area (Å²) in [7, 11) is -3.54. The smallest absolute Gasteiger partial charge is 0.234 e. The van der Waals surface area contributed by atoms with Crippen LogP contribution in [0, 0.1) is 0 Å². The average molecular weight is 336 g/mol. The second-order valence-electron chi connectivity index (χ2n) is 4.65. The molecule has 0 radical (unpaired) electrons. The highest BCUT2D eigenvalue weighted by Crippen LogP contribution is 2.17. The fourth-order valence-electron chi connectivity index (χ4n) is 1.78. The van der Waals surface area contributed by atoms with Crippen LogP contribution >= 0.6 is 11.8 Å². The van der Waals surface area contributed by atoms with E-state index in [2.05, 4.69) is 5.32 Å². The van der Waals surface area contributed by atoms with Crippen molar-refractivity contribution in [2.24, 2.45) is 5.14 Å². The maximum atomic E-state index is 11.9. The Hall–Kier alpha value is -1.83. The number of rotatable bonds is 6. The molecular weight excluding hydrogens is 320 g/mol. The van der Waals surface area contributed by atoms with Gasteiger partial charge in [0.1, 0.15) is 0 Å². The first-order valence-electron chi connectivity index (χ1n) is 6.49. The third-order valence-corrected chi connectivity index (χ3v) is 4.47. The van der Waals surface area contributed by atoms with Crippen LogP contribution in [0.1, 0.15) is 5.56 Å². The molecule has 2 rings (SSSR count). The molecule has 0 aromatic heterocycles. The van der Waals surface area contributed by atoms with Gasteiger partial charge in [0, 0.05) is 10.6 Å². The Bertz CT molecular complexity index is 729. The molecule has 0 atom stereocenters. The van der Waals surface area contributed by atoms with Crippen LogP contribution in [-0.4, -0.2) is 20.1 Å². The fraction of sp³-hybridized carbons (Fsp3) is 0.133. The van der Waals surface area contributed by atoms with Gasteiger partial charge in [-0.15, -0.1) is 11.8 Å². The van der Waals surface area contributed by atoms with E-state index in [0.29, 0.717) is 17.0 Å². The molecule has 7 heteroatoms. The van der Waals surface area contributed by atoms with E-state index in [-0.39, 0.29) is 11.7 Å². The topological polar surface area (TPSA) is 89.3 Å². The van der Waals surface area contributed by atoms with E-state index < -0.39 is 10.0 Å². The van der Waals surface area contributed by atoms with Crippen molar-refractivity contribution in [3.8, 4) is 0 Å². The fourth-order valence-corrected chi connectivity index (χ4v) is 3.16. The minimum Gasteiger partial charge on any atom is -0.325 e. The lowest BCUT2D eigenvalue weighted by Crippen LogP contribution is -2.15. The van der Waals surface area contributed by atoms with E-state index in [4.69, 9.17) is 5.14 Å². The summed E-state index contributed by atoms with van der Waals surface area (Å²) in [6, 6.07) is 16.2. The first-order valence-corrected chi connectivity index (χ1v) is 9.19. The maximum absolute atomic E-state index is 11.9. The molecule has 0 spiro atoms. The van der Waals surface area contributed by atoms with Crippen molar-refractivity contribution in [2.45, 2.75) is 10.6 Å². The van der Waals surface area contributed by atoms with Gasteiger partial charge in [-0.3, -0.25) is 4.79 Å².